The minimum atomic E-state index is -0.425. The maximum absolute atomic E-state index is 12.6. The summed E-state index contributed by atoms with van der Waals surface area (Å²) < 4.78 is 6.16. The molecule has 2 aromatic rings. The van der Waals surface area contributed by atoms with Crippen molar-refractivity contribution in [3.05, 3.63) is 69.3 Å². The van der Waals surface area contributed by atoms with Crippen LogP contribution in [-0.2, 0) is 11.3 Å². The largest absolute Gasteiger partial charge is 0.496 e. The molecule has 5 nitrogen and oxygen atoms in total. The van der Waals surface area contributed by atoms with E-state index in [9.17, 15) is 9.59 Å². The van der Waals surface area contributed by atoms with Crippen LogP contribution in [0.3, 0.4) is 0 Å². The minimum absolute atomic E-state index is 0.230. The summed E-state index contributed by atoms with van der Waals surface area (Å²) in [4.78, 5) is 26.0. The molecule has 1 aliphatic rings. The highest BCUT2D eigenvalue weighted by Gasteiger charge is 2.33. The maximum Gasteiger partial charge on any atom is 0.329 e. The van der Waals surface area contributed by atoms with Gasteiger partial charge < -0.3 is 10.1 Å². The SMILES string of the molecule is COc1ccc(Br)cc1/C=C1/NC(=O)N(Cc2ccc(C)cc2)C1=O. The van der Waals surface area contributed by atoms with Crippen LogP contribution in [0.5, 0.6) is 5.75 Å². The van der Waals surface area contributed by atoms with Crippen LogP contribution in [0.4, 0.5) is 4.79 Å². The molecule has 1 saturated heterocycles. The molecule has 128 valence electrons. The first kappa shape index (κ1) is 17.2. The Morgan fingerprint density at radius 2 is 1.88 bits per heavy atom. The van der Waals surface area contributed by atoms with Gasteiger partial charge in [0.1, 0.15) is 11.4 Å². The van der Waals surface area contributed by atoms with Crippen molar-refractivity contribution < 1.29 is 14.3 Å². The van der Waals surface area contributed by atoms with Crippen LogP contribution in [-0.4, -0.2) is 23.9 Å². The van der Waals surface area contributed by atoms with Crippen molar-refractivity contribution in [2.24, 2.45) is 0 Å². The predicted octanol–water partition coefficient (Wildman–Crippen LogP) is 3.86. The number of carbonyl (C=O) groups excluding carboxylic acids is 2. The number of rotatable bonds is 4. The topological polar surface area (TPSA) is 58.6 Å². The van der Waals surface area contributed by atoms with Gasteiger partial charge in [-0.15, -0.1) is 0 Å². The third-order valence-electron chi connectivity index (χ3n) is 3.92. The number of nitrogens with one attached hydrogen (secondary N) is 1. The molecule has 1 heterocycles. The van der Waals surface area contributed by atoms with E-state index < -0.39 is 6.03 Å². The predicted molar refractivity (Wildman–Crippen MR) is 98.9 cm³/mol. The molecule has 1 N–H and O–H groups in total. The molecule has 0 saturated carbocycles. The number of hydrogen-bond donors (Lipinski definition) is 1. The number of carbonyl (C=O) groups is 2. The molecule has 1 fully saturated rings. The highest BCUT2D eigenvalue weighted by Crippen LogP contribution is 2.26. The summed E-state index contributed by atoms with van der Waals surface area (Å²) in [5.74, 6) is 0.266. The molecule has 0 unspecified atom stereocenters. The molecule has 1 aliphatic heterocycles. The third kappa shape index (κ3) is 3.74. The molecule has 0 atom stereocenters. The van der Waals surface area contributed by atoms with Gasteiger partial charge in [0.2, 0.25) is 0 Å². The Kier molecular flexibility index (Phi) is 4.90. The first-order chi connectivity index (χ1) is 12.0. The zero-order chi connectivity index (χ0) is 18.0. The van der Waals surface area contributed by atoms with Crippen molar-refractivity contribution in [2.75, 3.05) is 7.11 Å². The van der Waals surface area contributed by atoms with Crippen LogP contribution >= 0.6 is 15.9 Å². The lowest BCUT2D eigenvalue weighted by atomic mass is 10.1. The van der Waals surface area contributed by atoms with Crippen molar-refractivity contribution in [2.45, 2.75) is 13.5 Å². The summed E-state index contributed by atoms with van der Waals surface area (Å²) in [5.41, 5.74) is 2.96. The van der Waals surface area contributed by atoms with Gasteiger partial charge in [0, 0.05) is 10.0 Å². The fourth-order valence-corrected chi connectivity index (χ4v) is 2.94. The van der Waals surface area contributed by atoms with Gasteiger partial charge in [-0.3, -0.25) is 9.69 Å². The van der Waals surface area contributed by atoms with Crippen molar-refractivity contribution in [1.82, 2.24) is 10.2 Å². The quantitative estimate of drug-likeness (QED) is 0.625. The van der Waals surface area contributed by atoms with E-state index in [0.29, 0.717) is 11.3 Å². The van der Waals surface area contributed by atoms with Crippen LogP contribution < -0.4 is 10.1 Å². The van der Waals surface area contributed by atoms with E-state index in [4.69, 9.17) is 4.74 Å². The first-order valence-electron chi connectivity index (χ1n) is 7.71. The molecule has 0 aliphatic carbocycles. The Hall–Kier alpha value is -2.60. The number of nitrogens with zero attached hydrogens (tertiary/aromatic N) is 1. The number of ether oxygens (including phenoxy) is 1. The molecule has 0 bridgehead atoms. The Balaban J connectivity index is 1.86. The fourth-order valence-electron chi connectivity index (χ4n) is 2.56. The van der Waals surface area contributed by atoms with Gasteiger partial charge in [0.15, 0.2) is 0 Å². The van der Waals surface area contributed by atoms with Crippen molar-refractivity contribution in [3.63, 3.8) is 0 Å². The average Bonchev–Trinajstić information content (AvgIpc) is 2.84. The number of urea groups is 1. The normalized spacial score (nSPS) is 15.6. The summed E-state index contributed by atoms with van der Waals surface area (Å²) in [5, 5.41) is 2.63. The van der Waals surface area contributed by atoms with Crippen LogP contribution in [0.15, 0.2) is 52.6 Å². The summed E-state index contributed by atoms with van der Waals surface area (Å²) >= 11 is 3.40. The Bertz CT molecular complexity index is 859. The smallest absolute Gasteiger partial charge is 0.329 e. The van der Waals surface area contributed by atoms with Crippen molar-refractivity contribution in [1.29, 1.82) is 0 Å². The van der Waals surface area contributed by atoms with E-state index >= 15 is 0 Å². The molecule has 2 aromatic carbocycles. The fraction of sp³-hybridized carbons (Fsp3) is 0.158. The third-order valence-corrected chi connectivity index (χ3v) is 4.41. The van der Waals surface area contributed by atoms with Crippen LogP contribution in [0, 0.1) is 6.92 Å². The van der Waals surface area contributed by atoms with Crippen LogP contribution in [0.1, 0.15) is 16.7 Å². The highest BCUT2D eigenvalue weighted by molar-refractivity contribution is 9.10. The first-order valence-corrected chi connectivity index (χ1v) is 8.51. The van der Waals surface area contributed by atoms with Gasteiger partial charge in [-0.25, -0.2) is 4.79 Å². The van der Waals surface area contributed by atoms with E-state index in [0.717, 1.165) is 15.6 Å². The van der Waals surface area contributed by atoms with E-state index in [1.165, 1.54) is 4.90 Å². The molecule has 0 aromatic heterocycles. The van der Waals surface area contributed by atoms with Crippen LogP contribution in [0.2, 0.25) is 0 Å². The number of halogens is 1. The number of amides is 3. The van der Waals surface area contributed by atoms with E-state index in [-0.39, 0.29) is 18.1 Å². The summed E-state index contributed by atoms with van der Waals surface area (Å²) in [6.45, 7) is 2.22. The van der Waals surface area contributed by atoms with Gasteiger partial charge in [0.25, 0.3) is 5.91 Å². The molecule has 0 spiro atoms. The molecule has 3 rings (SSSR count). The standard InChI is InChI=1S/C19H17BrN2O3/c1-12-3-5-13(6-4-12)11-22-18(23)16(21-19(22)24)10-14-9-15(20)7-8-17(14)25-2/h3-10H,11H2,1-2H3,(H,21,24)/b16-10+. The van der Waals surface area contributed by atoms with Gasteiger partial charge >= 0.3 is 6.03 Å². The maximum atomic E-state index is 12.6. The lowest BCUT2D eigenvalue weighted by Gasteiger charge is -2.12. The Morgan fingerprint density at radius 3 is 2.56 bits per heavy atom. The average molecular weight is 401 g/mol. The second kappa shape index (κ2) is 7.11. The Labute approximate surface area is 154 Å². The molecule has 6 heteroatoms. The summed E-state index contributed by atoms with van der Waals surface area (Å²) in [6, 6.07) is 12.8. The number of imide groups is 1. The molecular formula is C19H17BrN2O3. The zero-order valence-electron chi connectivity index (χ0n) is 13.9. The summed E-state index contributed by atoms with van der Waals surface area (Å²) in [6.07, 6.45) is 1.62. The van der Waals surface area contributed by atoms with Crippen LogP contribution in [0.25, 0.3) is 6.08 Å². The minimum Gasteiger partial charge on any atom is -0.496 e. The zero-order valence-corrected chi connectivity index (χ0v) is 15.5. The van der Waals surface area contributed by atoms with E-state index in [1.54, 1.807) is 19.3 Å². The lowest BCUT2D eigenvalue weighted by molar-refractivity contribution is -0.123. The summed E-state index contributed by atoms with van der Waals surface area (Å²) in [7, 11) is 1.56. The second-order valence-corrected chi connectivity index (χ2v) is 6.67. The monoisotopic (exact) mass is 400 g/mol. The molecular weight excluding hydrogens is 384 g/mol. The van der Waals surface area contributed by atoms with E-state index in [1.807, 2.05) is 43.3 Å². The van der Waals surface area contributed by atoms with Gasteiger partial charge in [-0.1, -0.05) is 45.8 Å². The molecule has 25 heavy (non-hydrogen) atoms. The van der Waals surface area contributed by atoms with E-state index in [2.05, 4.69) is 21.2 Å². The van der Waals surface area contributed by atoms with Crippen molar-refractivity contribution in [3.8, 4) is 5.75 Å². The number of aryl methyl sites for hydroxylation is 1. The van der Waals surface area contributed by atoms with Crippen molar-refractivity contribution >= 4 is 33.9 Å². The molecule has 0 radical (unpaired) electrons. The van der Waals surface area contributed by atoms with Gasteiger partial charge in [0.05, 0.1) is 13.7 Å². The number of methoxy groups -OCH3 is 1. The highest BCUT2D eigenvalue weighted by atomic mass is 79.9. The molecule has 3 amide bonds. The second-order valence-electron chi connectivity index (χ2n) is 5.75. The number of benzene rings is 2. The lowest BCUT2D eigenvalue weighted by Crippen LogP contribution is -2.30. The number of hydrogen-bond acceptors (Lipinski definition) is 3. The van der Waals surface area contributed by atoms with Gasteiger partial charge in [-0.2, -0.15) is 0 Å². The Morgan fingerprint density at radius 1 is 1.16 bits per heavy atom. The van der Waals surface area contributed by atoms with Gasteiger partial charge in [-0.05, 0) is 36.8 Å².